The number of esters is 1. The van der Waals surface area contributed by atoms with Gasteiger partial charge in [0.05, 0.1) is 25.2 Å². The van der Waals surface area contributed by atoms with Crippen molar-refractivity contribution in [1.82, 2.24) is 5.32 Å². The van der Waals surface area contributed by atoms with Crippen molar-refractivity contribution in [2.75, 3.05) is 6.61 Å². The zero-order valence-corrected chi connectivity index (χ0v) is 45.3. The van der Waals surface area contributed by atoms with Crippen LogP contribution in [-0.4, -0.2) is 46.9 Å². The van der Waals surface area contributed by atoms with Crippen molar-refractivity contribution in [2.45, 2.75) is 347 Å². The highest BCUT2D eigenvalue weighted by Gasteiger charge is 2.24. The molecule has 3 N–H and O–H groups in total. The van der Waals surface area contributed by atoms with E-state index >= 15 is 0 Å². The Kier molecular flexibility index (Phi) is 53.9. The number of rotatable bonds is 55. The van der Waals surface area contributed by atoms with Crippen molar-refractivity contribution in [3.8, 4) is 0 Å². The summed E-state index contributed by atoms with van der Waals surface area (Å²) in [5.74, 6) is -0.466. The standard InChI is InChI=1S/C61H117NO5/c1-4-7-10-13-16-19-22-25-28-29-30-33-36-39-42-45-48-51-54-61(66)67-57(52-49-46-43-40-37-34-31-26-23-20-17-14-11-8-5-2)55-60(65)62-58(56-63)59(64)53-50-47-44-41-38-35-32-27-24-21-18-15-12-9-6-3/h17,20,26,31,57-59,63-64H,4-16,18-19,21-25,27-30,32-56H2,1-3H3,(H,62,65)/b20-17-,31-26-. The van der Waals surface area contributed by atoms with Crippen molar-refractivity contribution in [2.24, 2.45) is 0 Å². The van der Waals surface area contributed by atoms with E-state index in [2.05, 4.69) is 50.4 Å². The Bertz CT molecular complexity index is 1060. The monoisotopic (exact) mass is 944 g/mol. The highest BCUT2D eigenvalue weighted by Crippen LogP contribution is 2.19. The minimum absolute atomic E-state index is 0.0743. The van der Waals surface area contributed by atoms with Gasteiger partial charge in [0.1, 0.15) is 6.10 Å². The molecule has 0 aliphatic carbocycles. The van der Waals surface area contributed by atoms with E-state index in [0.717, 1.165) is 64.2 Å². The zero-order valence-electron chi connectivity index (χ0n) is 45.3. The fraction of sp³-hybridized carbons (Fsp3) is 0.902. The fourth-order valence-electron chi connectivity index (χ4n) is 9.46. The summed E-state index contributed by atoms with van der Waals surface area (Å²) in [7, 11) is 0. The van der Waals surface area contributed by atoms with Crippen LogP contribution in [0.1, 0.15) is 329 Å². The number of nitrogens with one attached hydrogen (secondary N) is 1. The molecule has 0 heterocycles. The molecule has 0 radical (unpaired) electrons. The van der Waals surface area contributed by atoms with Crippen LogP contribution in [-0.2, 0) is 14.3 Å². The number of hydrogen-bond donors (Lipinski definition) is 3. The Morgan fingerprint density at radius 1 is 0.433 bits per heavy atom. The normalized spacial score (nSPS) is 13.2. The lowest BCUT2D eigenvalue weighted by molar-refractivity contribution is -0.151. The molecule has 6 heteroatoms. The molecule has 0 saturated carbocycles. The second-order valence-electron chi connectivity index (χ2n) is 20.8. The molecule has 3 atom stereocenters. The quantitative estimate of drug-likeness (QED) is 0.0321. The molecule has 67 heavy (non-hydrogen) atoms. The topological polar surface area (TPSA) is 95.9 Å². The maximum atomic E-state index is 13.3. The maximum absolute atomic E-state index is 13.3. The first kappa shape index (κ1) is 65.3. The molecule has 0 rings (SSSR count). The molecule has 3 unspecified atom stereocenters. The summed E-state index contributed by atoms with van der Waals surface area (Å²) >= 11 is 0. The van der Waals surface area contributed by atoms with Gasteiger partial charge in [0, 0.05) is 6.42 Å². The van der Waals surface area contributed by atoms with Gasteiger partial charge in [-0.3, -0.25) is 9.59 Å². The van der Waals surface area contributed by atoms with Gasteiger partial charge in [-0.15, -0.1) is 0 Å². The molecule has 0 aromatic rings. The van der Waals surface area contributed by atoms with Crippen LogP contribution in [0.4, 0.5) is 0 Å². The van der Waals surface area contributed by atoms with Crippen LogP contribution in [0.5, 0.6) is 0 Å². The Hall–Kier alpha value is -1.66. The average molecular weight is 945 g/mol. The SMILES string of the molecule is CCCCC/C=C\C/C=C\CCCCCCCC(CC(=O)NC(CO)C(O)CCCCCCCCCCCCCCCCC)OC(=O)CCCCCCCCCCCCCCCCCCCC. The van der Waals surface area contributed by atoms with Crippen LogP contribution in [0.2, 0.25) is 0 Å². The van der Waals surface area contributed by atoms with Crippen LogP contribution >= 0.6 is 0 Å². The van der Waals surface area contributed by atoms with Gasteiger partial charge in [0.15, 0.2) is 0 Å². The van der Waals surface area contributed by atoms with Gasteiger partial charge in [-0.25, -0.2) is 0 Å². The van der Waals surface area contributed by atoms with Crippen molar-refractivity contribution in [3.05, 3.63) is 24.3 Å². The van der Waals surface area contributed by atoms with Gasteiger partial charge in [0.2, 0.25) is 5.91 Å². The van der Waals surface area contributed by atoms with Crippen LogP contribution in [0.3, 0.4) is 0 Å². The third kappa shape index (κ3) is 50.5. The minimum Gasteiger partial charge on any atom is -0.462 e. The van der Waals surface area contributed by atoms with Crippen LogP contribution in [0.25, 0.3) is 0 Å². The number of allylic oxidation sites excluding steroid dienone is 4. The molecule has 0 spiro atoms. The third-order valence-electron chi connectivity index (χ3n) is 14.0. The molecular weight excluding hydrogens is 827 g/mol. The van der Waals surface area contributed by atoms with E-state index in [4.69, 9.17) is 4.74 Å². The number of carbonyl (C=O) groups is 2. The first-order valence-electron chi connectivity index (χ1n) is 30.1. The molecule has 0 aliphatic rings. The summed E-state index contributed by atoms with van der Waals surface area (Å²) < 4.78 is 5.97. The molecule has 0 saturated heterocycles. The number of aliphatic hydroxyl groups excluding tert-OH is 2. The van der Waals surface area contributed by atoms with Crippen molar-refractivity contribution >= 4 is 11.9 Å². The van der Waals surface area contributed by atoms with Gasteiger partial charge in [-0.05, 0) is 57.8 Å². The van der Waals surface area contributed by atoms with E-state index in [1.165, 1.54) is 218 Å². The lowest BCUT2D eigenvalue weighted by atomic mass is 10.0. The summed E-state index contributed by atoms with van der Waals surface area (Å²) in [4.78, 5) is 26.3. The van der Waals surface area contributed by atoms with Crippen LogP contribution < -0.4 is 5.32 Å². The molecule has 1 amide bonds. The zero-order chi connectivity index (χ0) is 48.8. The Labute approximate surface area is 418 Å². The van der Waals surface area contributed by atoms with Crippen molar-refractivity contribution < 1.29 is 24.5 Å². The molecule has 0 aliphatic heterocycles. The molecule has 0 aromatic heterocycles. The van der Waals surface area contributed by atoms with Crippen LogP contribution in [0.15, 0.2) is 24.3 Å². The van der Waals surface area contributed by atoms with Gasteiger partial charge >= 0.3 is 5.97 Å². The van der Waals surface area contributed by atoms with E-state index in [0.29, 0.717) is 19.3 Å². The number of unbranched alkanes of at least 4 members (excludes halogenated alkanes) is 39. The van der Waals surface area contributed by atoms with E-state index in [1.54, 1.807) is 0 Å². The summed E-state index contributed by atoms with van der Waals surface area (Å²) in [5, 5.41) is 23.9. The Morgan fingerprint density at radius 2 is 0.761 bits per heavy atom. The third-order valence-corrected chi connectivity index (χ3v) is 14.0. The van der Waals surface area contributed by atoms with Crippen molar-refractivity contribution in [1.29, 1.82) is 0 Å². The summed E-state index contributed by atoms with van der Waals surface area (Å²) in [5.41, 5.74) is 0. The first-order chi connectivity index (χ1) is 33.0. The first-order valence-corrected chi connectivity index (χ1v) is 30.1. The average Bonchev–Trinajstić information content (AvgIpc) is 3.32. The summed E-state index contributed by atoms with van der Waals surface area (Å²) in [6, 6.07) is -0.703. The van der Waals surface area contributed by atoms with Crippen LogP contribution in [0, 0.1) is 0 Å². The van der Waals surface area contributed by atoms with E-state index in [1.807, 2.05) is 0 Å². The molecule has 0 fully saturated rings. The fourth-order valence-corrected chi connectivity index (χ4v) is 9.46. The second kappa shape index (κ2) is 55.3. The van der Waals surface area contributed by atoms with Gasteiger partial charge in [-0.1, -0.05) is 283 Å². The Morgan fingerprint density at radius 3 is 1.16 bits per heavy atom. The smallest absolute Gasteiger partial charge is 0.306 e. The molecule has 396 valence electrons. The summed E-state index contributed by atoms with van der Waals surface area (Å²) in [6.45, 7) is 6.50. The van der Waals surface area contributed by atoms with Crippen molar-refractivity contribution in [3.63, 3.8) is 0 Å². The van der Waals surface area contributed by atoms with E-state index in [9.17, 15) is 19.8 Å². The number of amides is 1. The van der Waals surface area contributed by atoms with Gasteiger partial charge in [0.25, 0.3) is 0 Å². The Balaban J connectivity index is 4.51. The number of ether oxygens (including phenoxy) is 1. The number of carbonyl (C=O) groups excluding carboxylic acids is 2. The molecular formula is C61H117NO5. The molecule has 0 bridgehead atoms. The molecule has 0 aromatic carbocycles. The largest absolute Gasteiger partial charge is 0.462 e. The number of aliphatic hydroxyl groups is 2. The predicted octanol–water partition coefficient (Wildman–Crippen LogP) is 18.6. The maximum Gasteiger partial charge on any atom is 0.306 e. The highest BCUT2D eigenvalue weighted by molar-refractivity contribution is 5.77. The second-order valence-corrected chi connectivity index (χ2v) is 20.8. The predicted molar refractivity (Wildman–Crippen MR) is 292 cm³/mol. The van der Waals surface area contributed by atoms with Gasteiger partial charge in [-0.2, -0.15) is 0 Å². The lowest BCUT2D eigenvalue weighted by Gasteiger charge is -2.24. The minimum atomic E-state index is -0.789. The molecule has 6 nitrogen and oxygen atoms in total. The number of hydrogen-bond acceptors (Lipinski definition) is 5. The van der Waals surface area contributed by atoms with E-state index in [-0.39, 0.29) is 24.9 Å². The lowest BCUT2D eigenvalue weighted by Crippen LogP contribution is -2.46. The van der Waals surface area contributed by atoms with E-state index < -0.39 is 18.2 Å². The van der Waals surface area contributed by atoms with Gasteiger partial charge < -0.3 is 20.3 Å². The highest BCUT2D eigenvalue weighted by atomic mass is 16.5. The summed E-state index contributed by atoms with van der Waals surface area (Å²) in [6.07, 6.45) is 65.3.